The van der Waals surface area contributed by atoms with E-state index in [9.17, 15) is 18.4 Å². The van der Waals surface area contributed by atoms with Crippen molar-refractivity contribution in [3.05, 3.63) is 65.7 Å². The van der Waals surface area contributed by atoms with E-state index in [2.05, 4.69) is 10.6 Å². The van der Waals surface area contributed by atoms with Gasteiger partial charge in [-0.25, -0.2) is 8.78 Å². The molecule has 0 aromatic heterocycles. The number of benzene rings is 2. The van der Waals surface area contributed by atoms with E-state index in [-0.39, 0.29) is 35.4 Å². The van der Waals surface area contributed by atoms with Crippen LogP contribution in [0.4, 0.5) is 14.5 Å². The molecule has 2 N–H and O–H groups in total. The molecule has 2 amide bonds. The molecule has 1 saturated carbocycles. The van der Waals surface area contributed by atoms with Gasteiger partial charge in [-0.2, -0.15) is 0 Å². The van der Waals surface area contributed by atoms with E-state index in [1.165, 1.54) is 6.07 Å². The van der Waals surface area contributed by atoms with Gasteiger partial charge in [0.2, 0.25) is 11.8 Å². The van der Waals surface area contributed by atoms with Crippen LogP contribution in [0.1, 0.15) is 44.2 Å². The second-order valence-electron chi connectivity index (χ2n) is 7.31. The SMILES string of the molecule is CC(NC(=O)C1CCC(C(=O)Nc2ccc(F)c(F)c2)CC1)c1ccccc1. The fraction of sp³-hybridized carbons (Fsp3) is 0.364. The van der Waals surface area contributed by atoms with E-state index < -0.39 is 11.6 Å². The average molecular weight is 386 g/mol. The Morgan fingerprint density at radius 2 is 1.50 bits per heavy atom. The van der Waals surface area contributed by atoms with E-state index in [0.29, 0.717) is 25.7 Å². The van der Waals surface area contributed by atoms with Gasteiger partial charge in [-0.05, 0) is 50.3 Å². The first-order valence-electron chi connectivity index (χ1n) is 9.55. The first-order valence-corrected chi connectivity index (χ1v) is 9.55. The zero-order chi connectivity index (χ0) is 20.1. The molecule has 28 heavy (non-hydrogen) atoms. The van der Waals surface area contributed by atoms with Gasteiger partial charge in [-0.3, -0.25) is 9.59 Å². The van der Waals surface area contributed by atoms with Crippen LogP contribution >= 0.6 is 0 Å². The van der Waals surface area contributed by atoms with Crippen molar-refractivity contribution >= 4 is 17.5 Å². The maximum Gasteiger partial charge on any atom is 0.227 e. The Hall–Kier alpha value is -2.76. The van der Waals surface area contributed by atoms with Crippen LogP contribution in [0.25, 0.3) is 0 Å². The third-order valence-electron chi connectivity index (χ3n) is 5.31. The van der Waals surface area contributed by atoms with Crippen molar-refractivity contribution in [2.24, 2.45) is 11.8 Å². The summed E-state index contributed by atoms with van der Waals surface area (Å²) in [5.74, 6) is -2.50. The molecule has 1 atom stereocenters. The number of hydrogen-bond acceptors (Lipinski definition) is 2. The molecule has 1 unspecified atom stereocenters. The lowest BCUT2D eigenvalue weighted by atomic mass is 9.81. The predicted octanol–water partition coefficient (Wildman–Crippen LogP) is 4.59. The number of hydrogen-bond donors (Lipinski definition) is 2. The van der Waals surface area contributed by atoms with E-state index in [0.717, 1.165) is 17.7 Å². The standard InChI is InChI=1S/C22H24F2N2O2/c1-14(15-5-3-2-4-6-15)25-21(27)16-7-9-17(10-8-16)22(28)26-18-11-12-19(23)20(24)13-18/h2-6,11-14,16-17H,7-10H2,1H3,(H,25,27)(H,26,28). The summed E-state index contributed by atoms with van der Waals surface area (Å²) in [7, 11) is 0. The number of nitrogens with one attached hydrogen (secondary N) is 2. The smallest absolute Gasteiger partial charge is 0.227 e. The minimum absolute atomic E-state index is 0.0100. The van der Waals surface area contributed by atoms with Gasteiger partial charge in [-0.15, -0.1) is 0 Å². The van der Waals surface area contributed by atoms with E-state index in [1.54, 1.807) is 0 Å². The normalized spacial score (nSPS) is 20.2. The van der Waals surface area contributed by atoms with Crippen LogP contribution in [0.2, 0.25) is 0 Å². The number of anilines is 1. The lowest BCUT2D eigenvalue weighted by molar-refractivity contribution is -0.129. The molecular weight excluding hydrogens is 362 g/mol. The topological polar surface area (TPSA) is 58.2 Å². The Kier molecular flexibility index (Phi) is 6.39. The number of carbonyl (C=O) groups excluding carboxylic acids is 2. The van der Waals surface area contributed by atoms with Crippen molar-refractivity contribution < 1.29 is 18.4 Å². The Bertz CT molecular complexity index is 834. The molecule has 3 rings (SSSR count). The number of carbonyl (C=O) groups is 2. The molecule has 1 aliphatic rings. The van der Waals surface area contributed by atoms with Crippen molar-refractivity contribution in [1.29, 1.82) is 0 Å². The Morgan fingerprint density at radius 1 is 0.893 bits per heavy atom. The fourth-order valence-electron chi connectivity index (χ4n) is 3.59. The Balaban J connectivity index is 1.48. The zero-order valence-electron chi connectivity index (χ0n) is 15.8. The number of halogens is 2. The van der Waals surface area contributed by atoms with Crippen molar-refractivity contribution in [3.63, 3.8) is 0 Å². The third-order valence-corrected chi connectivity index (χ3v) is 5.31. The minimum atomic E-state index is -0.995. The van der Waals surface area contributed by atoms with Gasteiger partial charge in [0.1, 0.15) is 0 Å². The Morgan fingerprint density at radius 3 is 2.11 bits per heavy atom. The summed E-state index contributed by atoms with van der Waals surface area (Å²) in [4.78, 5) is 24.9. The highest BCUT2D eigenvalue weighted by molar-refractivity contribution is 5.92. The van der Waals surface area contributed by atoms with E-state index in [1.807, 2.05) is 37.3 Å². The monoisotopic (exact) mass is 386 g/mol. The molecule has 0 spiro atoms. The lowest BCUT2D eigenvalue weighted by Gasteiger charge is -2.28. The molecule has 0 heterocycles. The van der Waals surface area contributed by atoms with Crippen LogP contribution in [0.15, 0.2) is 48.5 Å². The van der Waals surface area contributed by atoms with Crippen LogP contribution in [-0.4, -0.2) is 11.8 Å². The molecule has 1 fully saturated rings. The van der Waals surface area contributed by atoms with Crippen LogP contribution in [0.3, 0.4) is 0 Å². The summed E-state index contributed by atoms with van der Waals surface area (Å²) in [6.07, 6.45) is 2.44. The summed E-state index contributed by atoms with van der Waals surface area (Å²) >= 11 is 0. The summed E-state index contributed by atoms with van der Waals surface area (Å²) in [5.41, 5.74) is 1.29. The third kappa shape index (κ3) is 4.94. The second-order valence-corrected chi connectivity index (χ2v) is 7.31. The van der Waals surface area contributed by atoms with Crippen LogP contribution in [-0.2, 0) is 9.59 Å². The second kappa shape index (κ2) is 8.95. The summed E-state index contributed by atoms with van der Waals surface area (Å²) in [5, 5.41) is 5.68. The molecular formula is C22H24F2N2O2. The highest BCUT2D eigenvalue weighted by Crippen LogP contribution is 2.30. The van der Waals surface area contributed by atoms with Crippen molar-refractivity contribution in [1.82, 2.24) is 5.32 Å². The molecule has 0 bridgehead atoms. The summed E-state index contributed by atoms with van der Waals surface area (Å²) < 4.78 is 26.3. The first-order chi connectivity index (χ1) is 13.4. The molecule has 0 saturated heterocycles. The molecule has 2 aromatic carbocycles. The van der Waals surface area contributed by atoms with Gasteiger partial charge in [0.05, 0.1) is 6.04 Å². The van der Waals surface area contributed by atoms with Gasteiger partial charge < -0.3 is 10.6 Å². The largest absolute Gasteiger partial charge is 0.349 e. The predicted molar refractivity (Wildman–Crippen MR) is 103 cm³/mol. The van der Waals surface area contributed by atoms with Gasteiger partial charge in [-0.1, -0.05) is 30.3 Å². The lowest BCUT2D eigenvalue weighted by Crippen LogP contribution is -2.36. The minimum Gasteiger partial charge on any atom is -0.349 e. The molecule has 6 heteroatoms. The molecule has 2 aromatic rings. The summed E-state index contributed by atoms with van der Waals surface area (Å²) in [6, 6.07) is 13.0. The van der Waals surface area contributed by atoms with Gasteiger partial charge >= 0.3 is 0 Å². The van der Waals surface area contributed by atoms with E-state index in [4.69, 9.17) is 0 Å². The van der Waals surface area contributed by atoms with Crippen molar-refractivity contribution in [2.75, 3.05) is 5.32 Å². The molecule has 4 nitrogen and oxygen atoms in total. The highest BCUT2D eigenvalue weighted by atomic mass is 19.2. The fourth-order valence-corrected chi connectivity index (χ4v) is 3.59. The zero-order valence-corrected chi connectivity index (χ0v) is 15.8. The quantitative estimate of drug-likeness (QED) is 0.790. The van der Waals surface area contributed by atoms with Crippen LogP contribution < -0.4 is 10.6 Å². The van der Waals surface area contributed by atoms with Crippen molar-refractivity contribution in [2.45, 2.75) is 38.6 Å². The first kappa shape index (κ1) is 20.0. The number of rotatable bonds is 5. The highest BCUT2D eigenvalue weighted by Gasteiger charge is 2.30. The molecule has 148 valence electrons. The Labute approximate surface area is 163 Å². The van der Waals surface area contributed by atoms with Crippen LogP contribution in [0.5, 0.6) is 0 Å². The maximum atomic E-state index is 13.3. The van der Waals surface area contributed by atoms with Gasteiger partial charge in [0, 0.05) is 23.6 Å². The van der Waals surface area contributed by atoms with Crippen molar-refractivity contribution in [3.8, 4) is 0 Å². The van der Waals surface area contributed by atoms with Gasteiger partial charge in [0.25, 0.3) is 0 Å². The molecule has 0 radical (unpaired) electrons. The maximum absolute atomic E-state index is 13.3. The van der Waals surface area contributed by atoms with Crippen LogP contribution in [0, 0.1) is 23.5 Å². The summed E-state index contributed by atoms with van der Waals surface area (Å²) in [6.45, 7) is 1.95. The number of amides is 2. The molecule has 0 aliphatic heterocycles. The molecule has 1 aliphatic carbocycles. The van der Waals surface area contributed by atoms with Gasteiger partial charge in [0.15, 0.2) is 11.6 Å². The van der Waals surface area contributed by atoms with E-state index >= 15 is 0 Å². The average Bonchev–Trinajstić information content (AvgIpc) is 2.71.